The van der Waals surface area contributed by atoms with Crippen molar-refractivity contribution < 1.29 is 9.13 Å². The summed E-state index contributed by atoms with van der Waals surface area (Å²) in [6.45, 7) is 2.02. The Labute approximate surface area is 112 Å². The number of rotatable bonds is 4. The van der Waals surface area contributed by atoms with E-state index in [4.69, 9.17) is 10.6 Å². The highest BCUT2D eigenvalue weighted by Crippen LogP contribution is 2.26. The molecule has 100 valence electrons. The SMILES string of the molecule is COc1ccc(C(NN)c2ccc(C)cc2)cc1F. The number of nitrogens with two attached hydrogens (primary N) is 1. The van der Waals surface area contributed by atoms with Gasteiger partial charge in [0.25, 0.3) is 0 Å². The fourth-order valence-electron chi connectivity index (χ4n) is 2.01. The molecule has 0 saturated carbocycles. The lowest BCUT2D eigenvalue weighted by Gasteiger charge is -2.17. The minimum atomic E-state index is -0.396. The van der Waals surface area contributed by atoms with Gasteiger partial charge in [-0.3, -0.25) is 5.84 Å². The molecule has 0 aromatic heterocycles. The second-order valence-electron chi connectivity index (χ2n) is 4.40. The molecule has 2 aromatic carbocycles. The van der Waals surface area contributed by atoms with Crippen molar-refractivity contribution in [2.24, 2.45) is 5.84 Å². The normalized spacial score (nSPS) is 12.2. The van der Waals surface area contributed by atoms with Gasteiger partial charge < -0.3 is 4.74 Å². The van der Waals surface area contributed by atoms with E-state index in [0.717, 1.165) is 11.1 Å². The zero-order valence-electron chi connectivity index (χ0n) is 11.0. The van der Waals surface area contributed by atoms with Crippen LogP contribution in [0, 0.1) is 12.7 Å². The second-order valence-corrected chi connectivity index (χ2v) is 4.40. The van der Waals surface area contributed by atoms with E-state index in [1.54, 1.807) is 12.1 Å². The number of hydrogen-bond acceptors (Lipinski definition) is 3. The van der Waals surface area contributed by atoms with Crippen LogP contribution in [0.2, 0.25) is 0 Å². The number of methoxy groups -OCH3 is 1. The van der Waals surface area contributed by atoms with E-state index >= 15 is 0 Å². The van der Waals surface area contributed by atoms with Crippen molar-refractivity contribution in [2.75, 3.05) is 7.11 Å². The first kappa shape index (κ1) is 13.5. The Kier molecular flexibility index (Phi) is 4.14. The predicted molar refractivity (Wildman–Crippen MR) is 73.3 cm³/mol. The summed E-state index contributed by atoms with van der Waals surface area (Å²) in [7, 11) is 1.44. The summed E-state index contributed by atoms with van der Waals surface area (Å²) in [4.78, 5) is 0. The predicted octanol–water partition coefficient (Wildman–Crippen LogP) is 2.70. The van der Waals surface area contributed by atoms with Crippen LogP contribution in [0.15, 0.2) is 42.5 Å². The first-order valence-electron chi connectivity index (χ1n) is 6.02. The molecule has 0 amide bonds. The molecule has 0 aliphatic carbocycles. The number of nitrogens with one attached hydrogen (secondary N) is 1. The van der Waals surface area contributed by atoms with Gasteiger partial charge in [-0.05, 0) is 30.2 Å². The summed E-state index contributed by atoms with van der Waals surface area (Å²) >= 11 is 0. The van der Waals surface area contributed by atoms with E-state index in [-0.39, 0.29) is 11.8 Å². The smallest absolute Gasteiger partial charge is 0.165 e. The van der Waals surface area contributed by atoms with Gasteiger partial charge in [-0.15, -0.1) is 0 Å². The summed E-state index contributed by atoms with van der Waals surface area (Å²) in [6.07, 6.45) is 0. The average Bonchev–Trinajstić information content (AvgIpc) is 2.42. The van der Waals surface area contributed by atoms with Crippen molar-refractivity contribution in [1.82, 2.24) is 5.43 Å². The molecule has 0 spiro atoms. The van der Waals surface area contributed by atoms with Crippen LogP contribution in [0.1, 0.15) is 22.7 Å². The Morgan fingerprint density at radius 1 is 1.11 bits per heavy atom. The number of hydrogen-bond donors (Lipinski definition) is 2. The molecule has 2 aromatic rings. The lowest BCUT2D eigenvalue weighted by atomic mass is 9.98. The van der Waals surface area contributed by atoms with Gasteiger partial charge in [0.2, 0.25) is 0 Å². The van der Waals surface area contributed by atoms with Gasteiger partial charge in [0, 0.05) is 0 Å². The lowest BCUT2D eigenvalue weighted by Crippen LogP contribution is -2.28. The van der Waals surface area contributed by atoms with Crippen LogP contribution < -0.4 is 16.0 Å². The lowest BCUT2D eigenvalue weighted by molar-refractivity contribution is 0.385. The maximum absolute atomic E-state index is 13.7. The van der Waals surface area contributed by atoms with Crippen molar-refractivity contribution in [3.63, 3.8) is 0 Å². The topological polar surface area (TPSA) is 47.3 Å². The third-order valence-corrected chi connectivity index (χ3v) is 3.09. The third kappa shape index (κ3) is 2.92. The zero-order chi connectivity index (χ0) is 13.8. The van der Waals surface area contributed by atoms with Crippen LogP contribution in [-0.2, 0) is 0 Å². The monoisotopic (exact) mass is 260 g/mol. The summed E-state index contributed by atoms with van der Waals surface area (Å²) in [5.74, 6) is 5.42. The maximum Gasteiger partial charge on any atom is 0.165 e. The Bertz CT molecular complexity index is 555. The highest BCUT2D eigenvalue weighted by molar-refractivity contribution is 5.37. The summed E-state index contributed by atoms with van der Waals surface area (Å²) in [6, 6.07) is 12.5. The molecule has 0 radical (unpaired) electrons. The van der Waals surface area contributed by atoms with Crippen molar-refractivity contribution in [2.45, 2.75) is 13.0 Å². The number of aryl methyl sites for hydroxylation is 1. The molecular formula is C15H17FN2O. The summed E-state index contributed by atoms with van der Waals surface area (Å²) in [5.41, 5.74) is 5.62. The van der Waals surface area contributed by atoms with E-state index in [1.165, 1.54) is 18.7 Å². The second kappa shape index (κ2) is 5.82. The molecule has 3 N–H and O–H groups in total. The maximum atomic E-state index is 13.7. The molecule has 1 atom stereocenters. The molecule has 4 heteroatoms. The Morgan fingerprint density at radius 3 is 2.26 bits per heavy atom. The van der Waals surface area contributed by atoms with Crippen LogP contribution in [-0.4, -0.2) is 7.11 Å². The van der Waals surface area contributed by atoms with Crippen LogP contribution in [0.4, 0.5) is 4.39 Å². The fraction of sp³-hybridized carbons (Fsp3) is 0.200. The molecule has 3 nitrogen and oxygen atoms in total. The van der Waals surface area contributed by atoms with E-state index in [2.05, 4.69) is 5.43 Å². The summed E-state index contributed by atoms with van der Waals surface area (Å²) < 4.78 is 18.6. The van der Waals surface area contributed by atoms with Crippen molar-refractivity contribution in [3.8, 4) is 5.75 Å². The third-order valence-electron chi connectivity index (χ3n) is 3.09. The molecular weight excluding hydrogens is 243 g/mol. The first-order valence-corrected chi connectivity index (χ1v) is 6.02. The standard InChI is InChI=1S/C15H17FN2O/c1-10-3-5-11(6-4-10)15(18-17)12-7-8-14(19-2)13(16)9-12/h3-9,15,18H,17H2,1-2H3. The van der Waals surface area contributed by atoms with Gasteiger partial charge in [0.1, 0.15) is 0 Å². The van der Waals surface area contributed by atoms with E-state index in [0.29, 0.717) is 0 Å². The van der Waals surface area contributed by atoms with Crippen molar-refractivity contribution >= 4 is 0 Å². The van der Waals surface area contributed by atoms with Gasteiger partial charge in [-0.25, -0.2) is 9.82 Å². The number of benzene rings is 2. The molecule has 0 aliphatic heterocycles. The summed E-state index contributed by atoms with van der Waals surface area (Å²) in [5, 5.41) is 0. The van der Waals surface area contributed by atoms with Crippen molar-refractivity contribution in [1.29, 1.82) is 0 Å². The van der Waals surface area contributed by atoms with Gasteiger partial charge >= 0.3 is 0 Å². The Hall–Kier alpha value is -1.91. The number of ether oxygens (including phenoxy) is 1. The number of hydrazine groups is 1. The Balaban J connectivity index is 2.36. The minimum Gasteiger partial charge on any atom is -0.494 e. The van der Waals surface area contributed by atoms with Crippen LogP contribution in [0.5, 0.6) is 5.75 Å². The highest BCUT2D eigenvalue weighted by Gasteiger charge is 2.14. The van der Waals surface area contributed by atoms with Crippen LogP contribution in [0.3, 0.4) is 0 Å². The average molecular weight is 260 g/mol. The molecule has 0 fully saturated rings. The molecule has 0 saturated heterocycles. The largest absolute Gasteiger partial charge is 0.494 e. The highest BCUT2D eigenvalue weighted by atomic mass is 19.1. The van der Waals surface area contributed by atoms with Gasteiger partial charge in [-0.1, -0.05) is 35.9 Å². The van der Waals surface area contributed by atoms with Gasteiger partial charge in [0.15, 0.2) is 11.6 Å². The van der Waals surface area contributed by atoms with Crippen LogP contribution >= 0.6 is 0 Å². The first-order chi connectivity index (χ1) is 9.15. The molecule has 1 unspecified atom stereocenters. The molecule has 0 aliphatic rings. The molecule has 0 heterocycles. The fourth-order valence-corrected chi connectivity index (χ4v) is 2.01. The van der Waals surface area contributed by atoms with Crippen molar-refractivity contribution in [3.05, 3.63) is 65.0 Å². The zero-order valence-corrected chi connectivity index (χ0v) is 11.0. The molecule has 19 heavy (non-hydrogen) atoms. The minimum absolute atomic E-state index is 0.225. The van der Waals surface area contributed by atoms with Crippen LogP contribution in [0.25, 0.3) is 0 Å². The Morgan fingerprint density at radius 2 is 1.74 bits per heavy atom. The van der Waals surface area contributed by atoms with Gasteiger partial charge in [-0.2, -0.15) is 0 Å². The quantitative estimate of drug-likeness (QED) is 0.656. The van der Waals surface area contributed by atoms with E-state index < -0.39 is 5.82 Å². The van der Waals surface area contributed by atoms with E-state index in [9.17, 15) is 4.39 Å². The molecule has 2 rings (SSSR count). The number of halogens is 1. The molecule has 0 bridgehead atoms. The van der Waals surface area contributed by atoms with E-state index in [1.807, 2.05) is 31.2 Å². The van der Waals surface area contributed by atoms with Gasteiger partial charge in [0.05, 0.1) is 13.2 Å².